The number of hydrogen-bond donors (Lipinski definition) is 0. The van der Waals surface area contributed by atoms with Crippen molar-refractivity contribution in [1.82, 2.24) is 0 Å². The van der Waals surface area contributed by atoms with Gasteiger partial charge in [-0.3, -0.25) is 0 Å². The van der Waals surface area contributed by atoms with E-state index in [-0.39, 0.29) is 0 Å². The fraction of sp³-hybridized carbons (Fsp3) is 0.310. The van der Waals surface area contributed by atoms with Crippen LogP contribution in [-0.2, 0) is 54.5 Å². The molecule has 0 heterocycles. The summed E-state index contributed by atoms with van der Waals surface area (Å²) in [4.78, 5) is 0. The van der Waals surface area contributed by atoms with Crippen molar-refractivity contribution in [3.05, 3.63) is 170 Å². The average Bonchev–Trinajstić information content (AvgIpc) is 4.15. The first-order chi connectivity index (χ1) is 31.8. The Hall–Kier alpha value is -1.80. The van der Waals surface area contributed by atoms with Crippen LogP contribution >= 0.6 is 34.1 Å². The number of halogens is 4. The second kappa shape index (κ2) is 26.8. The van der Waals surface area contributed by atoms with E-state index in [2.05, 4.69) is 173 Å². The van der Waals surface area contributed by atoms with Crippen LogP contribution in [-0.4, -0.2) is 9.52 Å². The Morgan fingerprint density at radius 3 is 1.14 bits per heavy atom. The third kappa shape index (κ3) is 13.7. The minimum absolute atomic E-state index is 0.554. The molecule has 7 heteroatoms. The van der Waals surface area contributed by atoms with Crippen LogP contribution in [0.2, 0.25) is 0 Å². The molecule has 8 aromatic rings. The standard InChI is InChI=1S/2C28H29.C2H4Si.4ClH.2Zr/c2*1-2-15-28(16-5-6-17-28)20-21-18-23-11-8-14-26(27(23)19-21)25-13-7-10-22-9-3-4-12-24(22)25;1-3-2;;;;;;/h2*3-4,7-14,18-19H,2,5-6,15-17,20H2,1H3;1-2H2;4*1H;;/q2*-1;-2;;;;;2*+4/p-4. The van der Waals surface area contributed by atoms with Crippen LogP contribution in [0, 0.1) is 23.9 Å². The molecule has 0 atom stereocenters. The maximum absolute atomic E-state index is 4.93. The Morgan fingerprint density at radius 1 is 0.477 bits per heavy atom. The average molecular weight is 1110 g/mol. The Bertz CT molecular complexity index is 2470. The zero-order valence-corrected chi connectivity index (χ0v) is 47.1. The van der Waals surface area contributed by atoms with Crippen LogP contribution in [0.15, 0.2) is 146 Å². The van der Waals surface area contributed by atoms with Gasteiger partial charge in [-0.25, -0.2) is 0 Å². The zero-order chi connectivity index (χ0) is 46.1. The summed E-state index contributed by atoms with van der Waals surface area (Å²) in [6.45, 7) is 11.5. The van der Waals surface area contributed by atoms with Crippen molar-refractivity contribution in [3.8, 4) is 22.3 Å². The van der Waals surface area contributed by atoms with Gasteiger partial charge in [-0.05, 0) is 94.9 Å². The van der Waals surface area contributed by atoms with Gasteiger partial charge in [0.25, 0.3) is 0 Å². The molecule has 0 aromatic heterocycles. The summed E-state index contributed by atoms with van der Waals surface area (Å²) >= 11 is -1.65. The summed E-state index contributed by atoms with van der Waals surface area (Å²) in [7, 11) is 20.3. The minimum atomic E-state index is -0.826. The summed E-state index contributed by atoms with van der Waals surface area (Å²) in [6, 6.07) is 54.3. The normalized spacial score (nSPS) is 14.5. The number of rotatable bonds is 10. The van der Waals surface area contributed by atoms with E-state index in [4.69, 9.17) is 34.1 Å². The van der Waals surface area contributed by atoms with Gasteiger partial charge in [0.2, 0.25) is 0 Å². The summed E-state index contributed by atoms with van der Waals surface area (Å²) in [5.41, 5.74) is 9.64. The molecule has 0 aliphatic heterocycles. The molecule has 10 rings (SSSR count). The molecule has 2 radical (unpaired) electrons. The van der Waals surface area contributed by atoms with Crippen molar-refractivity contribution < 1.29 is 41.7 Å². The third-order valence-electron chi connectivity index (χ3n) is 13.8. The summed E-state index contributed by atoms with van der Waals surface area (Å²) < 4.78 is 0. The van der Waals surface area contributed by atoms with E-state index in [1.54, 1.807) is 0 Å². The van der Waals surface area contributed by atoms with Gasteiger partial charge < -0.3 is 22.6 Å². The summed E-state index contributed by atoms with van der Waals surface area (Å²) in [5, 5.41) is 10.9. The quantitative estimate of drug-likeness (QED) is 0.0946. The van der Waals surface area contributed by atoms with Gasteiger partial charge in [-0.1, -0.05) is 161 Å². The van der Waals surface area contributed by atoms with Crippen LogP contribution in [0.4, 0.5) is 0 Å². The van der Waals surface area contributed by atoms with E-state index in [1.807, 2.05) is 0 Å². The van der Waals surface area contributed by atoms with Crippen molar-refractivity contribution in [2.24, 2.45) is 10.8 Å². The van der Waals surface area contributed by atoms with Crippen LogP contribution in [0.3, 0.4) is 0 Å². The maximum atomic E-state index is 4.93. The van der Waals surface area contributed by atoms with Crippen LogP contribution in [0.25, 0.3) is 65.3 Å². The van der Waals surface area contributed by atoms with E-state index < -0.39 is 41.7 Å². The first-order valence-electron chi connectivity index (χ1n) is 23.4. The Morgan fingerprint density at radius 2 is 0.785 bits per heavy atom. The molecule has 0 unspecified atom stereocenters. The molecular formula is C58H62Cl4SiZr2. The predicted molar refractivity (Wildman–Crippen MR) is 284 cm³/mol. The van der Waals surface area contributed by atoms with Crippen molar-refractivity contribution >= 4 is 86.7 Å². The molecular weight excluding hydrogens is 1050 g/mol. The van der Waals surface area contributed by atoms with E-state index in [1.165, 1.54) is 166 Å². The Labute approximate surface area is 430 Å². The van der Waals surface area contributed by atoms with Crippen molar-refractivity contribution in [2.75, 3.05) is 0 Å². The molecule has 0 saturated heterocycles. The van der Waals surface area contributed by atoms with E-state index >= 15 is 0 Å². The molecule has 0 bridgehead atoms. The Balaban J connectivity index is 0.000000183. The molecule has 0 spiro atoms. The first kappa shape index (κ1) is 52.6. The monoisotopic (exact) mass is 1110 g/mol. The van der Waals surface area contributed by atoms with Gasteiger partial charge in [-0.15, -0.1) is 69.1 Å². The molecule has 0 nitrogen and oxygen atoms in total. The molecule has 65 heavy (non-hydrogen) atoms. The fourth-order valence-electron chi connectivity index (χ4n) is 11.4. The molecule has 0 N–H and O–H groups in total. The molecule has 2 fully saturated rings. The number of fused-ring (bicyclic) bond motifs is 4. The fourth-order valence-corrected chi connectivity index (χ4v) is 11.4. The van der Waals surface area contributed by atoms with Crippen LogP contribution in [0.5, 0.6) is 0 Å². The van der Waals surface area contributed by atoms with Gasteiger partial charge in [0.1, 0.15) is 0 Å². The SMILES string of the molecule is CCCC1(Cc2cc3c(-c4cccc5ccccc45)cccc3[cH-]2)CCCC1.CCCC1(Cc2cc3c(-c4cccc5ccccc45)cccc3[cH-]2)CCCC1.[CH2-][Si][CH2-].[Cl][Zr+2][Cl].[Cl][Zr+2][Cl]. The van der Waals surface area contributed by atoms with Gasteiger partial charge in [0.15, 0.2) is 0 Å². The van der Waals surface area contributed by atoms with Gasteiger partial charge >= 0.3 is 75.7 Å². The second-order valence-electron chi connectivity index (χ2n) is 18.1. The van der Waals surface area contributed by atoms with Crippen LogP contribution < -0.4 is 0 Å². The van der Waals surface area contributed by atoms with E-state index in [9.17, 15) is 0 Å². The van der Waals surface area contributed by atoms with Crippen molar-refractivity contribution in [3.63, 3.8) is 0 Å². The van der Waals surface area contributed by atoms with E-state index in [0.717, 1.165) is 0 Å². The number of hydrogen-bond acceptors (Lipinski definition) is 0. The summed E-state index contributed by atoms with van der Waals surface area (Å²) in [6.07, 6.45) is 19.2. The molecule has 8 aromatic carbocycles. The first-order valence-corrected chi connectivity index (χ1v) is 37.4. The van der Waals surface area contributed by atoms with Crippen molar-refractivity contribution in [2.45, 2.75) is 104 Å². The van der Waals surface area contributed by atoms with E-state index in [0.29, 0.717) is 20.3 Å². The summed E-state index contributed by atoms with van der Waals surface area (Å²) in [5.74, 6) is 0. The molecule has 334 valence electrons. The van der Waals surface area contributed by atoms with Gasteiger partial charge in [-0.2, -0.15) is 12.1 Å². The van der Waals surface area contributed by atoms with Gasteiger partial charge in [0.05, 0.1) is 0 Å². The molecule has 2 saturated carbocycles. The van der Waals surface area contributed by atoms with Gasteiger partial charge in [0, 0.05) is 0 Å². The van der Waals surface area contributed by atoms with Crippen LogP contribution in [0.1, 0.15) is 102 Å². The number of benzene rings is 6. The molecule has 0 amide bonds. The molecule has 2 aliphatic carbocycles. The third-order valence-corrected chi connectivity index (χ3v) is 13.8. The zero-order valence-electron chi connectivity index (χ0n) is 38.2. The second-order valence-corrected chi connectivity index (χ2v) is 26.0. The molecule has 2 aliphatic rings. The topological polar surface area (TPSA) is 0 Å². The van der Waals surface area contributed by atoms with Crippen molar-refractivity contribution in [1.29, 1.82) is 0 Å². The predicted octanol–water partition coefficient (Wildman–Crippen LogP) is 19.6. The Kier molecular flexibility index (Phi) is 21.7.